The molecule has 1 amide bonds. The Morgan fingerprint density at radius 1 is 1.13 bits per heavy atom. The number of carbonyl (C=O) groups excluding carboxylic acids is 1. The van der Waals surface area contributed by atoms with Crippen LogP contribution < -0.4 is 5.32 Å². The largest absolute Gasteiger partial charge is 0.349 e. The van der Waals surface area contributed by atoms with E-state index in [0.717, 1.165) is 11.1 Å². The van der Waals surface area contributed by atoms with Crippen molar-refractivity contribution in [3.63, 3.8) is 0 Å². The lowest BCUT2D eigenvalue weighted by atomic mass is 10.0. The minimum Gasteiger partial charge on any atom is -0.349 e. The van der Waals surface area contributed by atoms with E-state index in [1.165, 1.54) is 0 Å². The summed E-state index contributed by atoms with van der Waals surface area (Å²) in [7, 11) is -3.23. The zero-order valence-electron chi connectivity index (χ0n) is 13.0. The first-order valence-corrected chi connectivity index (χ1v) is 9.27. The van der Waals surface area contributed by atoms with E-state index in [1.807, 2.05) is 31.2 Å². The van der Waals surface area contributed by atoms with Crippen molar-refractivity contribution in [3.8, 4) is 0 Å². The summed E-state index contributed by atoms with van der Waals surface area (Å²) < 4.78 is 24.2. The molecule has 23 heavy (non-hydrogen) atoms. The van der Waals surface area contributed by atoms with Crippen molar-refractivity contribution >= 4 is 15.7 Å². The van der Waals surface area contributed by atoms with E-state index in [2.05, 4.69) is 5.32 Å². The molecule has 4 nitrogen and oxygen atoms in total. The highest BCUT2D eigenvalue weighted by molar-refractivity contribution is 7.91. The van der Waals surface area contributed by atoms with Crippen molar-refractivity contribution in [2.45, 2.75) is 30.7 Å². The van der Waals surface area contributed by atoms with Gasteiger partial charge in [0, 0.05) is 0 Å². The van der Waals surface area contributed by atoms with Gasteiger partial charge in [0.2, 0.25) is 5.91 Å². The van der Waals surface area contributed by atoms with Crippen LogP contribution in [0, 0.1) is 6.92 Å². The maximum atomic E-state index is 12.3. The molecule has 0 bridgehead atoms. The maximum Gasteiger partial charge on any atom is 0.224 e. The Kier molecular flexibility index (Phi) is 4.22. The van der Waals surface area contributed by atoms with Gasteiger partial charge in [0.15, 0.2) is 9.84 Å². The molecule has 3 rings (SSSR count). The molecule has 0 aromatic heterocycles. The van der Waals surface area contributed by atoms with E-state index < -0.39 is 9.84 Å². The number of fused-ring (bicyclic) bond motifs is 1. The predicted octanol–water partition coefficient (Wildman–Crippen LogP) is 2.57. The van der Waals surface area contributed by atoms with E-state index in [1.54, 1.807) is 24.3 Å². The van der Waals surface area contributed by atoms with E-state index >= 15 is 0 Å². The number of hydrogen-bond donors (Lipinski definition) is 1. The SMILES string of the molecule is Cc1ccc(CC(=O)NC2CCS(=O)(=O)c3ccccc32)cc1. The van der Waals surface area contributed by atoms with Crippen LogP contribution in [0.3, 0.4) is 0 Å². The summed E-state index contributed by atoms with van der Waals surface area (Å²) >= 11 is 0. The average molecular weight is 329 g/mol. The minimum absolute atomic E-state index is 0.0689. The Morgan fingerprint density at radius 3 is 2.57 bits per heavy atom. The molecule has 0 radical (unpaired) electrons. The standard InChI is InChI=1S/C18H19NO3S/c1-13-6-8-14(9-7-13)12-18(20)19-16-10-11-23(21,22)17-5-3-2-4-15(16)17/h2-9,16H,10-12H2,1H3,(H,19,20). The number of rotatable bonds is 3. The molecule has 1 atom stereocenters. The third kappa shape index (κ3) is 3.45. The second kappa shape index (κ2) is 6.16. The van der Waals surface area contributed by atoms with E-state index in [0.29, 0.717) is 23.3 Å². The predicted molar refractivity (Wildman–Crippen MR) is 88.9 cm³/mol. The fraction of sp³-hybridized carbons (Fsp3) is 0.278. The van der Waals surface area contributed by atoms with Crippen molar-refractivity contribution in [2.75, 3.05) is 5.75 Å². The number of carbonyl (C=O) groups is 1. The van der Waals surface area contributed by atoms with Crippen molar-refractivity contribution in [2.24, 2.45) is 0 Å². The number of aryl methyl sites for hydroxylation is 1. The molecule has 5 heteroatoms. The first-order chi connectivity index (χ1) is 11.0. The normalized spacial score (nSPS) is 18.9. The topological polar surface area (TPSA) is 63.2 Å². The number of amides is 1. The van der Waals surface area contributed by atoms with E-state index in [9.17, 15) is 13.2 Å². The zero-order valence-corrected chi connectivity index (χ0v) is 13.8. The van der Waals surface area contributed by atoms with Crippen LogP contribution in [-0.2, 0) is 21.1 Å². The van der Waals surface area contributed by atoms with Crippen LogP contribution in [0.2, 0.25) is 0 Å². The summed E-state index contributed by atoms with van der Waals surface area (Å²) in [5.41, 5.74) is 2.79. The third-order valence-corrected chi connectivity index (χ3v) is 5.94. The highest BCUT2D eigenvalue weighted by Crippen LogP contribution is 2.31. The molecule has 0 fully saturated rings. The zero-order chi connectivity index (χ0) is 16.4. The number of hydrogen-bond acceptors (Lipinski definition) is 3. The number of sulfone groups is 1. The van der Waals surface area contributed by atoms with Crippen molar-refractivity contribution in [1.29, 1.82) is 0 Å². The lowest BCUT2D eigenvalue weighted by molar-refractivity contribution is -0.121. The second-order valence-corrected chi connectivity index (χ2v) is 8.01. The third-order valence-electron chi connectivity index (χ3n) is 4.13. The van der Waals surface area contributed by atoms with E-state index in [4.69, 9.17) is 0 Å². The molecule has 0 saturated carbocycles. The summed E-state index contributed by atoms with van der Waals surface area (Å²) in [6, 6.07) is 14.5. The van der Waals surface area contributed by atoms with Crippen LogP contribution in [0.4, 0.5) is 0 Å². The van der Waals surface area contributed by atoms with Crippen LogP contribution >= 0.6 is 0 Å². The van der Waals surface area contributed by atoms with E-state index in [-0.39, 0.29) is 17.7 Å². The van der Waals surface area contributed by atoms with Gasteiger partial charge in [-0.2, -0.15) is 0 Å². The molecule has 0 aliphatic carbocycles. The Balaban J connectivity index is 1.75. The van der Waals surface area contributed by atoms with Gasteiger partial charge in [0.05, 0.1) is 23.1 Å². The van der Waals surface area contributed by atoms with Gasteiger partial charge in [-0.25, -0.2) is 8.42 Å². The fourth-order valence-corrected chi connectivity index (χ4v) is 4.50. The second-order valence-electron chi connectivity index (χ2n) is 5.93. The van der Waals surface area contributed by atoms with Gasteiger partial charge < -0.3 is 5.32 Å². The Hall–Kier alpha value is -2.14. The highest BCUT2D eigenvalue weighted by atomic mass is 32.2. The Labute approximate surface area is 136 Å². The molecular weight excluding hydrogens is 310 g/mol. The molecule has 1 aliphatic rings. The van der Waals surface area contributed by atoms with Crippen LogP contribution in [-0.4, -0.2) is 20.1 Å². The summed E-state index contributed by atoms with van der Waals surface area (Å²) in [5, 5.41) is 2.97. The quantitative estimate of drug-likeness (QED) is 0.941. The molecule has 2 aromatic rings. The summed E-state index contributed by atoms with van der Waals surface area (Å²) in [4.78, 5) is 12.6. The molecule has 2 aromatic carbocycles. The van der Waals surface area contributed by atoms with Crippen LogP contribution in [0.25, 0.3) is 0 Å². The fourth-order valence-electron chi connectivity index (χ4n) is 2.88. The van der Waals surface area contributed by atoms with Gasteiger partial charge in [-0.05, 0) is 30.5 Å². The van der Waals surface area contributed by atoms with Crippen molar-refractivity contribution in [3.05, 3.63) is 65.2 Å². The average Bonchev–Trinajstić information content (AvgIpc) is 2.53. The first-order valence-electron chi connectivity index (χ1n) is 7.62. The van der Waals surface area contributed by atoms with Crippen LogP contribution in [0.1, 0.15) is 29.2 Å². The lowest BCUT2D eigenvalue weighted by Gasteiger charge is -2.26. The summed E-state index contributed by atoms with van der Waals surface area (Å²) in [6.07, 6.45) is 0.713. The number of benzene rings is 2. The van der Waals surface area contributed by atoms with Gasteiger partial charge >= 0.3 is 0 Å². The molecule has 0 spiro atoms. The minimum atomic E-state index is -3.23. The lowest BCUT2D eigenvalue weighted by Crippen LogP contribution is -2.34. The van der Waals surface area contributed by atoms with Crippen LogP contribution in [0.5, 0.6) is 0 Å². The van der Waals surface area contributed by atoms with Gasteiger partial charge in [-0.1, -0.05) is 48.0 Å². The molecule has 120 valence electrons. The Morgan fingerprint density at radius 2 is 1.83 bits per heavy atom. The number of nitrogens with one attached hydrogen (secondary N) is 1. The molecule has 0 saturated heterocycles. The smallest absolute Gasteiger partial charge is 0.224 e. The van der Waals surface area contributed by atoms with Crippen molar-refractivity contribution in [1.82, 2.24) is 5.32 Å². The van der Waals surface area contributed by atoms with Gasteiger partial charge in [0.25, 0.3) is 0 Å². The first kappa shape index (κ1) is 15.7. The highest BCUT2D eigenvalue weighted by Gasteiger charge is 2.30. The van der Waals surface area contributed by atoms with Gasteiger partial charge in [-0.15, -0.1) is 0 Å². The molecule has 1 aliphatic heterocycles. The molecule has 1 heterocycles. The maximum absolute atomic E-state index is 12.3. The van der Waals surface area contributed by atoms with Crippen LogP contribution in [0.15, 0.2) is 53.4 Å². The molecule has 1 N–H and O–H groups in total. The van der Waals surface area contributed by atoms with Gasteiger partial charge in [0.1, 0.15) is 0 Å². The summed E-state index contributed by atoms with van der Waals surface area (Å²) in [5.74, 6) is -0.0209. The van der Waals surface area contributed by atoms with Crippen molar-refractivity contribution < 1.29 is 13.2 Å². The molecular formula is C18H19NO3S. The Bertz CT molecular complexity index is 826. The van der Waals surface area contributed by atoms with Gasteiger partial charge in [-0.3, -0.25) is 4.79 Å². The molecule has 1 unspecified atom stereocenters. The monoisotopic (exact) mass is 329 g/mol. The summed E-state index contributed by atoms with van der Waals surface area (Å²) in [6.45, 7) is 2.00.